The summed E-state index contributed by atoms with van der Waals surface area (Å²) < 4.78 is 8.05. The number of oxazole rings is 1. The van der Waals surface area contributed by atoms with Crippen molar-refractivity contribution in [1.29, 1.82) is 0 Å². The Bertz CT molecular complexity index is 1110. The number of nitrogens with zero attached hydrogens (tertiary/aromatic N) is 4. The van der Waals surface area contributed by atoms with E-state index in [0.29, 0.717) is 12.4 Å². The molecule has 0 unspecified atom stereocenters. The number of aryl methyl sites for hydroxylation is 1. The van der Waals surface area contributed by atoms with E-state index < -0.39 is 0 Å². The molecule has 0 N–H and O–H groups in total. The van der Waals surface area contributed by atoms with Crippen LogP contribution in [0.1, 0.15) is 12.7 Å². The molecule has 4 aromatic rings. The lowest BCUT2D eigenvalue weighted by atomic mass is 10.2. The van der Waals surface area contributed by atoms with Crippen LogP contribution >= 0.6 is 0 Å². The van der Waals surface area contributed by atoms with Crippen molar-refractivity contribution in [2.45, 2.75) is 20.4 Å². The Labute approximate surface area is 151 Å². The number of imidazole rings is 1. The van der Waals surface area contributed by atoms with E-state index in [2.05, 4.69) is 20.6 Å². The van der Waals surface area contributed by atoms with Crippen molar-refractivity contribution in [1.82, 2.24) is 14.5 Å². The van der Waals surface area contributed by atoms with Crippen molar-refractivity contribution in [3.63, 3.8) is 0 Å². The molecule has 0 aliphatic rings. The first-order valence-electron chi connectivity index (χ1n) is 8.61. The summed E-state index contributed by atoms with van der Waals surface area (Å²) in [7, 11) is 1.81. The van der Waals surface area contributed by atoms with Gasteiger partial charge in [0.25, 0.3) is 0 Å². The maximum absolute atomic E-state index is 5.88. The van der Waals surface area contributed by atoms with Crippen molar-refractivity contribution in [3.05, 3.63) is 60.4 Å². The van der Waals surface area contributed by atoms with Gasteiger partial charge in [0.15, 0.2) is 5.58 Å². The molecule has 0 atom stereocenters. The number of rotatable bonds is 4. The van der Waals surface area contributed by atoms with Gasteiger partial charge in [-0.1, -0.05) is 18.2 Å². The fourth-order valence-electron chi connectivity index (χ4n) is 3.13. The monoisotopic (exact) mass is 344 g/mol. The van der Waals surface area contributed by atoms with Gasteiger partial charge in [-0.15, -0.1) is 0 Å². The third kappa shape index (κ3) is 2.81. The van der Waals surface area contributed by atoms with E-state index in [1.807, 2.05) is 69.4 Å². The molecule has 0 aliphatic carbocycles. The highest BCUT2D eigenvalue weighted by Gasteiger charge is 2.13. The summed E-state index contributed by atoms with van der Waals surface area (Å²) in [6, 6.07) is 13.9. The van der Waals surface area contributed by atoms with Crippen molar-refractivity contribution < 1.29 is 4.42 Å². The van der Waals surface area contributed by atoms with Crippen LogP contribution in [0.15, 0.2) is 64.0 Å². The molecule has 2 aromatic carbocycles. The molecule has 2 heterocycles. The smallest absolute Gasteiger partial charge is 0.227 e. The zero-order chi connectivity index (χ0) is 18.1. The van der Waals surface area contributed by atoms with E-state index in [9.17, 15) is 0 Å². The highest BCUT2D eigenvalue weighted by molar-refractivity contribution is 5.95. The van der Waals surface area contributed by atoms with Crippen molar-refractivity contribution >= 4 is 27.8 Å². The van der Waals surface area contributed by atoms with Crippen LogP contribution in [0.2, 0.25) is 0 Å². The van der Waals surface area contributed by atoms with Crippen LogP contribution in [-0.2, 0) is 6.54 Å². The van der Waals surface area contributed by atoms with Crippen molar-refractivity contribution in [3.8, 4) is 11.5 Å². The Morgan fingerprint density at radius 3 is 2.77 bits per heavy atom. The number of aliphatic imine (C=N–C) groups is 1. The average molecular weight is 344 g/mol. The van der Waals surface area contributed by atoms with Gasteiger partial charge in [-0.25, -0.2) is 9.97 Å². The van der Waals surface area contributed by atoms with Gasteiger partial charge in [0.1, 0.15) is 11.3 Å². The van der Waals surface area contributed by atoms with Crippen molar-refractivity contribution in [2.75, 3.05) is 7.05 Å². The van der Waals surface area contributed by atoms with Crippen LogP contribution in [-0.4, -0.2) is 27.3 Å². The lowest BCUT2D eigenvalue weighted by Crippen LogP contribution is -2.09. The van der Waals surface area contributed by atoms with Gasteiger partial charge in [-0.05, 0) is 50.3 Å². The molecule has 130 valence electrons. The Balaban J connectivity index is 1.76. The first-order valence-corrected chi connectivity index (χ1v) is 8.61. The van der Waals surface area contributed by atoms with E-state index in [1.54, 1.807) is 0 Å². The quantitative estimate of drug-likeness (QED) is 0.500. The molecule has 5 nitrogen and oxygen atoms in total. The molecule has 4 rings (SSSR count). The SMILES string of the molecule is C/C=C\C(Cn1c(C)nc2cc(-c3nc4ccccc4o3)ccc21)=NC. The highest BCUT2D eigenvalue weighted by Crippen LogP contribution is 2.27. The topological polar surface area (TPSA) is 56.2 Å². The molecule has 0 radical (unpaired) electrons. The van der Waals surface area contributed by atoms with Crippen LogP contribution in [0.3, 0.4) is 0 Å². The Hall–Kier alpha value is -3.21. The molecule has 26 heavy (non-hydrogen) atoms. The van der Waals surface area contributed by atoms with Crippen LogP contribution in [0.4, 0.5) is 0 Å². The molecular formula is C21H20N4O. The molecule has 0 saturated carbocycles. The minimum Gasteiger partial charge on any atom is -0.436 e. The molecule has 0 spiro atoms. The van der Waals surface area contributed by atoms with Crippen LogP contribution in [0, 0.1) is 6.92 Å². The summed E-state index contributed by atoms with van der Waals surface area (Å²) in [5, 5.41) is 0. The van der Waals surface area contributed by atoms with E-state index in [1.165, 1.54) is 0 Å². The van der Waals surface area contributed by atoms with E-state index >= 15 is 0 Å². The molecular weight excluding hydrogens is 324 g/mol. The third-order valence-electron chi connectivity index (χ3n) is 4.45. The molecule has 0 amide bonds. The second-order valence-electron chi connectivity index (χ2n) is 6.15. The zero-order valence-electron chi connectivity index (χ0n) is 15.1. The first-order chi connectivity index (χ1) is 12.7. The van der Waals surface area contributed by atoms with Gasteiger partial charge in [-0.2, -0.15) is 0 Å². The number of aromatic nitrogens is 3. The minimum atomic E-state index is 0.616. The molecule has 0 aliphatic heterocycles. The van der Waals surface area contributed by atoms with Gasteiger partial charge in [0, 0.05) is 12.6 Å². The van der Waals surface area contributed by atoms with Gasteiger partial charge >= 0.3 is 0 Å². The molecule has 0 fully saturated rings. The van der Waals surface area contributed by atoms with Crippen LogP contribution in [0.5, 0.6) is 0 Å². The molecule has 2 aromatic heterocycles. The second kappa shape index (κ2) is 6.59. The maximum atomic E-state index is 5.88. The van der Waals surface area contributed by atoms with Gasteiger partial charge in [0.05, 0.1) is 23.3 Å². The highest BCUT2D eigenvalue weighted by atomic mass is 16.3. The lowest BCUT2D eigenvalue weighted by Gasteiger charge is -2.07. The number of hydrogen-bond donors (Lipinski definition) is 0. The predicted molar refractivity (Wildman–Crippen MR) is 106 cm³/mol. The normalized spacial score (nSPS) is 12.7. The van der Waals surface area contributed by atoms with E-state index in [0.717, 1.165) is 39.2 Å². The summed E-state index contributed by atoms with van der Waals surface area (Å²) in [6.07, 6.45) is 4.03. The van der Waals surface area contributed by atoms with Crippen molar-refractivity contribution in [2.24, 2.45) is 4.99 Å². The standard InChI is InChI=1S/C21H20N4O/c1-4-7-16(22-3)13-25-14(2)23-18-12-15(10-11-19(18)25)21-24-17-8-5-6-9-20(17)26-21/h4-12H,13H2,1-3H3/b7-4-,22-16?. The second-order valence-corrected chi connectivity index (χ2v) is 6.15. The zero-order valence-corrected chi connectivity index (χ0v) is 15.1. The summed E-state index contributed by atoms with van der Waals surface area (Å²) >= 11 is 0. The maximum Gasteiger partial charge on any atom is 0.227 e. The average Bonchev–Trinajstić information content (AvgIpc) is 3.21. The number of benzene rings is 2. The summed E-state index contributed by atoms with van der Waals surface area (Å²) in [5.41, 5.74) is 5.60. The Morgan fingerprint density at radius 1 is 1.15 bits per heavy atom. The Morgan fingerprint density at radius 2 is 2.00 bits per heavy atom. The van der Waals surface area contributed by atoms with Gasteiger partial charge < -0.3 is 8.98 Å². The number of hydrogen-bond acceptors (Lipinski definition) is 4. The van der Waals surface area contributed by atoms with Gasteiger partial charge in [0.2, 0.25) is 5.89 Å². The third-order valence-corrected chi connectivity index (χ3v) is 4.45. The predicted octanol–water partition coefficient (Wildman–Crippen LogP) is 4.80. The number of fused-ring (bicyclic) bond motifs is 2. The lowest BCUT2D eigenvalue weighted by molar-refractivity contribution is 0.620. The van der Waals surface area contributed by atoms with Gasteiger partial charge in [-0.3, -0.25) is 4.99 Å². The Kier molecular flexibility index (Phi) is 4.13. The minimum absolute atomic E-state index is 0.616. The number of allylic oxidation sites excluding steroid dienone is 2. The van der Waals surface area contributed by atoms with Crippen LogP contribution < -0.4 is 0 Å². The van der Waals surface area contributed by atoms with Crippen LogP contribution in [0.25, 0.3) is 33.6 Å². The van der Waals surface area contributed by atoms with E-state index in [-0.39, 0.29) is 0 Å². The summed E-state index contributed by atoms with van der Waals surface area (Å²) in [6.45, 7) is 4.71. The fraction of sp³-hybridized carbons (Fsp3) is 0.190. The first kappa shape index (κ1) is 16.3. The summed E-state index contributed by atoms with van der Waals surface area (Å²) in [5.74, 6) is 1.57. The summed E-state index contributed by atoms with van der Waals surface area (Å²) in [4.78, 5) is 13.6. The molecule has 0 bridgehead atoms. The molecule has 5 heteroatoms. The number of para-hydroxylation sites is 2. The van der Waals surface area contributed by atoms with E-state index in [4.69, 9.17) is 9.40 Å². The fourth-order valence-corrected chi connectivity index (χ4v) is 3.13. The largest absolute Gasteiger partial charge is 0.436 e. The molecule has 0 saturated heterocycles.